The maximum absolute atomic E-state index is 12.0. The van der Waals surface area contributed by atoms with Crippen LogP contribution in [0, 0.1) is 5.92 Å². The van der Waals surface area contributed by atoms with E-state index >= 15 is 0 Å². The first-order valence-electron chi connectivity index (χ1n) is 8.04. The molecule has 1 heterocycles. The van der Waals surface area contributed by atoms with E-state index in [1.165, 1.54) is 5.57 Å². The fourth-order valence-corrected chi connectivity index (χ4v) is 2.94. The van der Waals surface area contributed by atoms with Gasteiger partial charge in [0.2, 0.25) is 0 Å². The quantitative estimate of drug-likeness (QED) is 0.798. The van der Waals surface area contributed by atoms with Gasteiger partial charge in [0.1, 0.15) is 0 Å². The number of carbonyl (C=O) groups excluding carboxylic acids is 3. The predicted molar refractivity (Wildman–Crippen MR) is 87.7 cm³/mol. The minimum absolute atomic E-state index is 0.0911. The summed E-state index contributed by atoms with van der Waals surface area (Å²) in [6.45, 7) is 2.12. The number of amides is 2. The molecule has 1 aliphatic heterocycles. The maximum Gasteiger partial charge on any atom is 0.363 e. The molecule has 1 fully saturated rings. The second-order valence-corrected chi connectivity index (χ2v) is 6.22. The Bertz CT molecular complexity index is 714. The van der Waals surface area contributed by atoms with Crippen molar-refractivity contribution in [1.82, 2.24) is 5.06 Å². The Balaban J connectivity index is 1.61. The molecule has 0 bridgehead atoms. The number of hydrogen-bond acceptors (Lipinski definition) is 4. The zero-order chi connectivity index (χ0) is 17.1. The van der Waals surface area contributed by atoms with E-state index in [1.54, 1.807) is 12.1 Å². The summed E-state index contributed by atoms with van der Waals surface area (Å²) in [5, 5.41) is 0.568. The minimum atomic E-state index is -0.693. The zero-order valence-electron chi connectivity index (χ0n) is 13.5. The number of hydrogen-bond donors (Lipinski definition) is 0. The van der Waals surface area contributed by atoms with Gasteiger partial charge in [0, 0.05) is 12.8 Å². The highest BCUT2D eigenvalue weighted by molar-refractivity contribution is 6.02. The highest BCUT2D eigenvalue weighted by atomic mass is 16.7. The number of benzene rings is 1. The van der Waals surface area contributed by atoms with Crippen LogP contribution in [0.3, 0.4) is 0 Å². The molecule has 5 heteroatoms. The van der Waals surface area contributed by atoms with Gasteiger partial charge in [-0.05, 0) is 43.4 Å². The summed E-state index contributed by atoms with van der Waals surface area (Å²) >= 11 is 0. The van der Waals surface area contributed by atoms with Crippen LogP contribution in [0.5, 0.6) is 0 Å². The lowest BCUT2D eigenvalue weighted by atomic mass is 9.89. The fourth-order valence-electron chi connectivity index (χ4n) is 2.94. The molecule has 0 saturated carbocycles. The first kappa shape index (κ1) is 16.2. The summed E-state index contributed by atoms with van der Waals surface area (Å²) in [7, 11) is 0. The van der Waals surface area contributed by atoms with Crippen molar-refractivity contribution in [3.63, 3.8) is 0 Å². The summed E-state index contributed by atoms with van der Waals surface area (Å²) in [6, 6.07) is 7.09. The lowest BCUT2D eigenvalue weighted by molar-refractivity contribution is -0.172. The van der Waals surface area contributed by atoms with Gasteiger partial charge in [0.15, 0.2) is 0 Å². The molecule has 2 amide bonds. The van der Waals surface area contributed by atoms with E-state index < -0.39 is 17.8 Å². The first-order valence-corrected chi connectivity index (χ1v) is 8.04. The molecule has 0 N–H and O–H groups in total. The molecular formula is C19H19NO4. The Morgan fingerprint density at radius 2 is 1.83 bits per heavy atom. The molecule has 1 atom stereocenters. The third-order valence-corrected chi connectivity index (χ3v) is 4.22. The Morgan fingerprint density at radius 3 is 2.46 bits per heavy atom. The normalized spacial score (nSPS) is 20.3. The van der Waals surface area contributed by atoms with E-state index in [-0.39, 0.29) is 12.8 Å². The number of nitrogens with zero attached hydrogens (tertiary/aromatic N) is 1. The molecule has 1 aromatic rings. The van der Waals surface area contributed by atoms with Gasteiger partial charge in [-0.3, -0.25) is 9.59 Å². The van der Waals surface area contributed by atoms with E-state index in [2.05, 4.69) is 25.2 Å². The average Bonchev–Trinajstić information content (AvgIpc) is 2.87. The number of hydroxylamine groups is 2. The minimum Gasteiger partial charge on any atom is -0.325 e. The van der Waals surface area contributed by atoms with Crippen molar-refractivity contribution in [3.05, 3.63) is 59.2 Å². The molecule has 2 aliphatic rings. The van der Waals surface area contributed by atoms with Crippen molar-refractivity contribution in [2.24, 2.45) is 5.92 Å². The summed E-state index contributed by atoms with van der Waals surface area (Å²) in [5.41, 5.74) is 2.81. The van der Waals surface area contributed by atoms with Crippen molar-refractivity contribution in [2.45, 2.75) is 32.6 Å². The Hall–Kier alpha value is -2.69. The highest BCUT2D eigenvalue weighted by Crippen LogP contribution is 2.22. The number of allylic oxidation sites excluding steroid dienone is 4. The Labute approximate surface area is 140 Å². The molecular weight excluding hydrogens is 306 g/mol. The smallest absolute Gasteiger partial charge is 0.325 e. The fraction of sp³-hybridized carbons (Fsp3) is 0.316. The molecule has 0 aromatic heterocycles. The van der Waals surface area contributed by atoms with Crippen LogP contribution in [0.1, 0.15) is 42.1 Å². The monoisotopic (exact) mass is 325 g/mol. The van der Waals surface area contributed by atoms with Crippen molar-refractivity contribution >= 4 is 17.8 Å². The number of rotatable bonds is 4. The SMILES string of the molecule is CC1=CC=CC(Cc2ccc(C(=O)ON3C(=O)CCC3=O)cc2)C1. The van der Waals surface area contributed by atoms with Crippen LogP contribution in [0.25, 0.3) is 0 Å². The van der Waals surface area contributed by atoms with Gasteiger partial charge >= 0.3 is 5.97 Å². The Kier molecular flexibility index (Phi) is 4.60. The number of carbonyl (C=O) groups is 3. The summed E-state index contributed by atoms with van der Waals surface area (Å²) in [5.74, 6) is -1.18. The maximum atomic E-state index is 12.0. The van der Waals surface area contributed by atoms with Crippen LogP contribution in [0.4, 0.5) is 0 Å². The third kappa shape index (κ3) is 3.62. The van der Waals surface area contributed by atoms with Crippen molar-refractivity contribution in [3.8, 4) is 0 Å². The van der Waals surface area contributed by atoms with Crippen LogP contribution in [0.15, 0.2) is 48.1 Å². The zero-order valence-corrected chi connectivity index (χ0v) is 13.5. The van der Waals surface area contributed by atoms with Crippen LogP contribution in [-0.2, 0) is 20.8 Å². The third-order valence-electron chi connectivity index (χ3n) is 4.22. The van der Waals surface area contributed by atoms with Crippen LogP contribution >= 0.6 is 0 Å². The number of imide groups is 1. The van der Waals surface area contributed by atoms with Gasteiger partial charge in [-0.15, -0.1) is 5.06 Å². The van der Waals surface area contributed by atoms with Crippen LogP contribution < -0.4 is 0 Å². The molecule has 0 spiro atoms. The molecule has 1 aromatic carbocycles. The van der Waals surface area contributed by atoms with Crippen LogP contribution in [-0.4, -0.2) is 22.8 Å². The van der Waals surface area contributed by atoms with E-state index in [9.17, 15) is 14.4 Å². The van der Waals surface area contributed by atoms with Crippen molar-refractivity contribution in [2.75, 3.05) is 0 Å². The van der Waals surface area contributed by atoms with E-state index in [1.807, 2.05) is 12.1 Å². The largest absolute Gasteiger partial charge is 0.363 e. The summed E-state index contributed by atoms with van der Waals surface area (Å²) in [6.07, 6.45) is 8.52. The molecule has 1 aliphatic carbocycles. The average molecular weight is 325 g/mol. The second kappa shape index (κ2) is 6.83. The summed E-state index contributed by atoms with van der Waals surface area (Å²) in [4.78, 5) is 39.9. The van der Waals surface area contributed by atoms with Crippen molar-refractivity contribution in [1.29, 1.82) is 0 Å². The van der Waals surface area contributed by atoms with Gasteiger partial charge in [0.05, 0.1) is 5.56 Å². The van der Waals surface area contributed by atoms with Gasteiger partial charge in [-0.25, -0.2) is 4.79 Å². The van der Waals surface area contributed by atoms with Gasteiger partial charge in [-0.2, -0.15) is 0 Å². The lowest BCUT2D eigenvalue weighted by Gasteiger charge is -2.16. The predicted octanol–water partition coefficient (Wildman–Crippen LogP) is 2.97. The molecule has 1 unspecified atom stereocenters. The van der Waals surface area contributed by atoms with Gasteiger partial charge < -0.3 is 4.84 Å². The van der Waals surface area contributed by atoms with E-state index in [0.717, 1.165) is 18.4 Å². The molecule has 5 nitrogen and oxygen atoms in total. The van der Waals surface area contributed by atoms with Gasteiger partial charge in [-0.1, -0.05) is 35.9 Å². The molecule has 3 rings (SSSR count). The van der Waals surface area contributed by atoms with E-state index in [4.69, 9.17) is 4.84 Å². The molecule has 0 radical (unpaired) electrons. The van der Waals surface area contributed by atoms with Crippen molar-refractivity contribution < 1.29 is 19.2 Å². The first-order chi connectivity index (χ1) is 11.5. The lowest BCUT2D eigenvalue weighted by Crippen LogP contribution is -2.32. The van der Waals surface area contributed by atoms with Crippen LogP contribution in [0.2, 0.25) is 0 Å². The molecule has 124 valence electrons. The topological polar surface area (TPSA) is 63.7 Å². The summed E-state index contributed by atoms with van der Waals surface area (Å²) < 4.78 is 0. The van der Waals surface area contributed by atoms with Gasteiger partial charge in [0.25, 0.3) is 11.8 Å². The van der Waals surface area contributed by atoms with E-state index in [0.29, 0.717) is 16.5 Å². The highest BCUT2D eigenvalue weighted by Gasteiger charge is 2.33. The molecule has 1 saturated heterocycles. The molecule has 24 heavy (non-hydrogen) atoms. The second-order valence-electron chi connectivity index (χ2n) is 6.22. The standard InChI is InChI=1S/C19H19NO4/c1-13-3-2-4-15(11-13)12-14-5-7-16(8-6-14)19(23)24-20-17(21)9-10-18(20)22/h2-8,15H,9-12H2,1H3. The Morgan fingerprint density at radius 1 is 1.17 bits per heavy atom.